The molecule has 2 heterocycles. The van der Waals surface area contributed by atoms with Gasteiger partial charge < -0.3 is 15.6 Å². The number of aryl methyl sites for hydroxylation is 1. The van der Waals surface area contributed by atoms with Crippen LogP contribution in [0.1, 0.15) is 11.5 Å². The van der Waals surface area contributed by atoms with E-state index in [4.69, 9.17) is 10.3 Å². The van der Waals surface area contributed by atoms with Gasteiger partial charge >= 0.3 is 0 Å². The summed E-state index contributed by atoms with van der Waals surface area (Å²) in [6.45, 7) is 2.33. The van der Waals surface area contributed by atoms with Crippen LogP contribution in [0.3, 0.4) is 0 Å². The second-order valence-corrected chi connectivity index (χ2v) is 3.82. The number of carbonyl (C=O) groups is 1. The third kappa shape index (κ3) is 3.14. The molecule has 0 saturated carbocycles. The molecule has 0 aliphatic carbocycles. The highest BCUT2D eigenvalue weighted by atomic mass is 16.5. The third-order valence-electron chi connectivity index (χ3n) is 2.19. The van der Waals surface area contributed by atoms with Crippen molar-refractivity contribution in [1.82, 2.24) is 20.2 Å². The SMILES string of the molecule is Cc1cc(NC(=O)Cn2cc(CCN)nn2)no1. The summed E-state index contributed by atoms with van der Waals surface area (Å²) in [4.78, 5) is 11.7. The number of hydrogen-bond donors (Lipinski definition) is 2. The quantitative estimate of drug-likeness (QED) is 0.754. The van der Waals surface area contributed by atoms with E-state index in [-0.39, 0.29) is 12.5 Å². The first-order valence-corrected chi connectivity index (χ1v) is 5.49. The molecule has 2 aromatic heterocycles. The second-order valence-electron chi connectivity index (χ2n) is 3.82. The average Bonchev–Trinajstić information content (AvgIpc) is 2.89. The predicted molar refractivity (Wildman–Crippen MR) is 62.7 cm³/mol. The third-order valence-corrected chi connectivity index (χ3v) is 2.19. The monoisotopic (exact) mass is 250 g/mol. The fraction of sp³-hybridized carbons (Fsp3) is 0.400. The molecule has 0 radical (unpaired) electrons. The zero-order valence-corrected chi connectivity index (χ0v) is 9.96. The van der Waals surface area contributed by atoms with Crippen molar-refractivity contribution in [3.63, 3.8) is 0 Å². The van der Waals surface area contributed by atoms with E-state index >= 15 is 0 Å². The summed E-state index contributed by atoms with van der Waals surface area (Å²) >= 11 is 0. The molecule has 96 valence electrons. The molecule has 0 aromatic carbocycles. The molecule has 8 nitrogen and oxygen atoms in total. The molecule has 0 aliphatic heterocycles. The highest BCUT2D eigenvalue weighted by Gasteiger charge is 2.08. The summed E-state index contributed by atoms with van der Waals surface area (Å²) in [6, 6.07) is 1.64. The number of rotatable bonds is 5. The van der Waals surface area contributed by atoms with Crippen molar-refractivity contribution in [3.8, 4) is 0 Å². The zero-order valence-electron chi connectivity index (χ0n) is 9.96. The number of nitrogens with two attached hydrogens (primary N) is 1. The van der Waals surface area contributed by atoms with Crippen LogP contribution in [0, 0.1) is 6.92 Å². The number of amides is 1. The van der Waals surface area contributed by atoms with Crippen molar-refractivity contribution >= 4 is 11.7 Å². The fourth-order valence-corrected chi connectivity index (χ4v) is 1.43. The van der Waals surface area contributed by atoms with E-state index in [1.54, 1.807) is 19.2 Å². The average molecular weight is 250 g/mol. The van der Waals surface area contributed by atoms with Crippen LogP contribution >= 0.6 is 0 Å². The van der Waals surface area contributed by atoms with E-state index in [0.29, 0.717) is 24.5 Å². The van der Waals surface area contributed by atoms with Crippen LogP contribution < -0.4 is 11.1 Å². The van der Waals surface area contributed by atoms with Gasteiger partial charge in [-0.25, -0.2) is 4.68 Å². The van der Waals surface area contributed by atoms with Crippen LogP contribution in [0.25, 0.3) is 0 Å². The molecule has 8 heteroatoms. The van der Waals surface area contributed by atoms with Crippen LogP contribution in [0.5, 0.6) is 0 Å². The second kappa shape index (κ2) is 5.41. The Balaban J connectivity index is 1.90. The molecule has 2 aromatic rings. The number of nitrogens with zero attached hydrogens (tertiary/aromatic N) is 4. The summed E-state index contributed by atoms with van der Waals surface area (Å²) in [5, 5.41) is 14.0. The van der Waals surface area contributed by atoms with Crippen LogP contribution in [-0.2, 0) is 17.8 Å². The highest BCUT2D eigenvalue weighted by Crippen LogP contribution is 2.06. The number of hydrogen-bond acceptors (Lipinski definition) is 6. The maximum atomic E-state index is 11.7. The normalized spacial score (nSPS) is 10.6. The molecule has 0 atom stereocenters. The van der Waals surface area contributed by atoms with Crippen LogP contribution in [0.4, 0.5) is 5.82 Å². The molecule has 0 fully saturated rings. The Morgan fingerprint density at radius 1 is 1.61 bits per heavy atom. The van der Waals surface area contributed by atoms with Gasteiger partial charge in [0.2, 0.25) is 5.91 Å². The van der Waals surface area contributed by atoms with Crippen LogP contribution in [0.2, 0.25) is 0 Å². The van der Waals surface area contributed by atoms with E-state index in [1.807, 2.05) is 0 Å². The minimum absolute atomic E-state index is 0.0729. The van der Waals surface area contributed by atoms with Crippen molar-refractivity contribution in [1.29, 1.82) is 0 Å². The number of nitrogens with one attached hydrogen (secondary N) is 1. The summed E-state index contributed by atoms with van der Waals surface area (Å²) in [6.07, 6.45) is 2.34. The minimum Gasteiger partial charge on any atom is -0.360 e. The Hall–Kier alpha value is -2.22. The van der Waals surface area contributed by atoms with E-state index in [9.17, 15) is 4.79 Å². The predicted octanol–water partition coefficient (Wildman–Crippen LogP) is -0.286. The Morgan fingerprint density at radius 3 is 3.11 bits per heavy atom. The summed E-state index contributed by atoms with van der Waals surface area (Å²) < 4.78 is 6.29. The maximum Gasteiger partial charge on any atom is 0.247 e. The molecular weight excluding hydrogens is 236 g/mol. The molecule has 1 amide bonds. The van der Waals surface area contributed by atoms with E-state index in [0.717, 1.165) is 5.69 Å². The molecule has 0 spiro atoms. The first kappa shape index (κ1) is 12.2. The largest absolute Gasteiger partial charge is 0.360 e. The van der Waals surface area contributed by atoms with Crippen LogP contribution in [0.15, 0.2) is 16.8 Å². The van der Waals surface area contributed by atoms with Gasteiger partial charge in [0, 0.05) is 18.7 Å². The Morgan fingerprint density at radius 2 is 2.44 bits per heavy atom. The molecule has 2 rings (SSSR count). The fourth-order valence-electron chi connectivity index (χ4n) is 1.43. The highest BCUT2D eigenvalue weighted by molar-refractivity contribution is 5.89. The summed E-state index contributed by atoms with van der Waals surface area (Å²) in [5.41, 5.74) is 6.17. The number of aromatic nitrogens is 4. The first-order valence-electron chi connectivity index (χ1n) is 5.49. The van der Waals surface area contributed by atoms with Gasteiger partial charge in [-0.15, -0.1) is 5.10 Å². The van der Waals surface area contributed by atoms with E-state index in [2.05, 4.69) is 20.8 Å². The Kier molecular flexibility index (Phi) is 3.68. The Labute approximate surface area is 103 Å². The lowest BCUT2D eigenvalue weighted by Gasteiger charge is -2.00. The van der Waals surface area contributed by atoms with E-state index < -0.39 is 0 Å². The summed E-state index contributed by atoms with van der Waals surface area (Å²) in [7, 11) is 0. The minimum atomic E-state index is -0.243. The van der Waals surface area contributed by atoms with Gasteiger partial charge in [0.05, 0.1) is 5.69 Å². The molecular formula is C10H14N6O2. The van der Waals surface area contributed by atoms with Gasteiger partial charge in [-0.1, -0.05) is 10.4 Å². The molecule has 0 aliphatic rings. The van der Waals surface area contributed by atoms with Crippen molar-refractivity contribution < 1.29 is 9.32 Å². The molecule has 0 unspecified atom stereocenters. The standard InChI is InChI=1S/C10H14N6O2/c1-7-4-9(14-18-7)12-10(17)6-16-5-8(2-3-11)13-15-16/h4-5H,2-3,6,11H2,1H3,(H,12,14,17). The van der Waals surface area contributed by atoms with Crippen molar-refractivity contribution in [2.24, 2.45) is 5.73 Å². The lowest BCUT2D eigenvalue weighted by atomic mass is 10.3. The summed E-state index contributed by atoms with van der Waals surface area (Å²) in [5.74, 6) is 0.781. The molecule has 0 saturated heterocycles. The number of anilines is 1. The zero-order chi connectivity index (χ0) is 13.0. The van der Waals surface area contributed by atoms with Gasteiger partial charge in [-0.05, 0) is 13.5 Å². The lowest BCUT2D eigenvalue weighted by molar-refractivity contribution is -0.117. The lowest BCUT2D eigenvalue weighted by Crippen LogP contribution is -2.19. The van der Waals surface area contributed by atoms with E-state index in [1.165, 1.54) is 4.68 Å². The van der Waals surface area contributed by atoms with Crippen molar-refractivity contribution in [2.75, 3.05) is 11.9 Å². The van der Waals surface area contributed by atoms with Crippen molar-refractivity contribution in [3.05, 3.63) is 23.7 Å². The topological polar surface area (TPSA) is 112 Å². The van der Waals surface area contributed by atoms with Gasteiger partial charge in [0.25, 0.3) is 0 Å². The first-order chi connectivity index (χ1) is 8.67. The molecule has 0 bridgehead atoms. The maximum absolute atomic E-state index is 11.7. The Bertz CT molecular complexity index is 532. The smallest absolute Gasteiger partial charge is 0.247 e. The van der Waals surface area contributed by atoms with Gasteiger partial charge in [-0.2, -0.15) is 0 Å². The molecule has 18 heavy (non-hydrogen) atoms. The van der Waals surface area contributed by atoms with Gasteiger partial charge in [-0.3, -0.25) is 4.79 Å². The van der Waals surface area contributed by atoms with Gasteiger partial charge in [0.1, 0.15) is 12.3 Å². The van der Waals surface area contributed by atoms with Crippen LogP contribution in [-0.4, -0.2) is 32.6 Å². The molecule has 3 N–H and O–H groups in total. The van der Waals surface area contributed by atoms with Gasteiger partial charge in [0.15, 0.2) is 5.82 Å². The number of carbonyl (C=O) groups excluding carboxylic acids is 1. The van der Waals surface area contributed by atoms with Crippen molar-refractivity contribution in [2.45, 2.75) is 19.9 Å².